The van der Waals surface area contributed by atoms with Gasteiger partial charge in [-0.25, -0.2) is 9.97 Å². The van der Waals surface area contributed by atoms with Crippen molar-refractivity contribution in [3.05, 3.63) is 23.9 Å². The SMILES string of the molecule is C[Si](C)(C)CCOCn1cnc2c(C3CC3)nc(Nc3cnn4c3CC3(CC3)C4)nc21. The molecule has 2 fully saturated rings. The average molecular weight is 438 g/mol. The lowest BCUT2D eigenvalue weighted by Crippen LogP contribution is -2.22. The van der Waals surface area contributed by atoms with Crippen LogP contribution < -0.4 is 5.32 Å². The summed E-state index contributed by atoms with van der Waals surface area (Å²) < 4.78 is 10.2. The van der Waals surface area contributed by atoms with Crippen LogP contribution in [0.15, 0.2) is 12.5 Å². The van der Waals surface area contributed by atoms with Gasteiger partial charge in [0.1, 0.15) is 12.2 Å². The van der Waals surface area contributed by atoms with E-state index in [0.29, 0.717) is 24.0 Å². The molecule has 0 atom stereocenters. The van der Waals surface area contributed by atoms with Crippen molar-refractivity contribution in [2.45, 2.75) is 77.0 Å². The predicted octanol–water partition coefficient (Wildman–Crippen LogP) is 4.29. The first kappa shape index (κ1) is 19.4. The molecule has 31 heavy (non-hydrogen) atoms. The van der Waals surface area contributed by atoms with Crippen molar-refractivity contribution in [1.29, 1.82) is 0 Å². The molecule has 0 bridgehead atoms. The molecule has 164 valence electrons. The summed E-state index contributed by atoms with van der Waals surface area (Å²) in [7, 11) is -1.10. The quantitative estimate of drug-likeness (QED) is 0.418. The maximum Gasteiger partial charge on any atom is 0.229 e. The Labute approximate surface area is 183 Å². The van der Waals surface area contributed by atoms with Crippen LogP contribution in [0.25, 0.3) is 11.2 Å². The molecule has 4 heterocycles. The summed E-state index contributed by atoms with van der Waals surface area (Å²) >= 11 is 0. The van der Waals surface area contributed by atoms with Crippen molar-refractivity contribution in [2.75, 3.05) is 11.9 Å². The highest BCUT2D eigenvalue weighted by atomic mass is 28.3. The van der Waals surface area contributed by atoms with Crippen molar-refractivity contribution >= 4 is 30.9 Å². The molecule has 8 nitrogen and oxygen atoms in total. The molecular formula is C22H31N7OSi. The minimum absolute atomic E-state index is 0.479. The number of aromatic nitrogens is 6. The van der Waals surface area contributed by atoms with Gasteiger partial charge in [-0.05, 0) is 43.6 Å². The van der Waals surface area contributed by atoms with Crippen LogP contribution in [0.1, 0.15) is 43.0 Å². The monoisotopic (exact) mass is 437 g/mol. The van der Waals surface area contributed by atoms with E-state index in [0.717, 1.165) is 48.2 Å². The summed E-state index contributed by atoms with van der Waals surface area (Å²) in [5, 5.41) is 8.09. The lowest BCUT2D eigenvalue weighted by molar-refractivity contribution is 0.0895. The number of hydrogen-bond acceptors (Lipinski definition) is 6. The minimum atomic E-state index is -1.10. The Morgan fingerprint density at radius 3 is 2.81 bits per heavy atom. The number of nitrogens with one attached hydrogen (secondary N) is 1. The highest BCUT2D eigenvalue weighted by Gasteiger charge is 2.48. The Kier molecular flexibility index (Phi) is 4.30. The molecule has 2 saturated carbocycles. The van der Waals surface area contributed by atoms with Gasteiger partial charge < -0.3 is 10.1 Å². The zero-order chi connectivity index (χ0) is 21.2. The van der Waals surface area contributed by atoms with Gasteiger partial charge in [0.25, 0.3) is 0 Å². The maximum atomic E-state index is 5.98. The number of nitrogens with zero attached hydrogens (tertiary/aromatic N) is 6. The Bertz CT molecular complexity index is 1140. The van der Waals surface area contributed by atoms with Crippen LogP contribution in [0.5, 0.6) is 0 Å². The largest absolute Gasteiger partial charge is 0.361 e. The van der Waals surface area contributed by atoms with Gasteiger partial charge in [0.15, 0.2) is 5.65 Å². The fourth-order valence-corrected chi connectivity index (χ4v) is 5.25. The van der Waals surface area contributed by atoms with Crippen molar-refractivity contribution < 1.29 is 4.74 Å². The molecular weight excluding hydrogens is 406 g/mol. The molecule has 3 aromatic heterocycles. The zero-order valence-corrected chi connectivity index (χ0v) is 19.7. The third kappa shape index (κ3) is 3.78. The zero-order valence-electron chi connectivity index (χ0n) is 18.7. The van der Waals surface area contributed by atoms with E-state index in [1.54, 1.807) is 0 Å². The highest BCUT2D eigenvalue weighted by Crippen LogP contribution is 2.54. The molecule has 0 radical (unpaired) electrons. The lowest BCUT2D eigenvalue weighted by Gasteiger charge is -2.15. The Hall–Kier alpha value is -2.26. The summed E-state index contributed by atoms with van der Waals surface area (Å²) in [6.07, 6.45) is 9.87. The fraction of sp³-hybridized carbons (Fsp3) is 0.636. The van der Waals surface area contributed by atoms with Crippen molar-refractivity contribution in [2.24, 2.45) is 5.41 Å². The Balaban J connectivity index is 1.26. The van der Waals surface area contributed by atoms with Crippen LogP contribution in [0.3, 0.4) is 0 Å². The Morgan fingerprint density at radius 1 is 1.23 bits per heavy atom. The first-order chi connectivity index (χ1) is 14.9. The van der Waals surface area contributed by atoms with Crippen LogP contribution in [0.4, 0.5) is 11.6 Å². The van der Waals surface area contributed by atoms with Crippen LogP contribution in [-0.2, 0) is 24.4 Å². The van der Waals surface area contributed by atoms with Crippen LogP contribution >= 0.6 is 0 Å². The maximum absolute atomic E-state index is 5.98. The molecule has 9 heteroatoms. The smallest absolute Gasteiger partial charge is 0.229 e. The third-order valence-corrected chi connectivity index (χ3v) is 8.57. The second kappa shape index (κ2) is 6.87. The van der Waals surface area contributed by atoms with Gasteiger partial charge >= 0.3 is 0 Å². The first-order valence-electron chi connectivity index (χ1n) is 11.5. The normalized spacial score (nSPS) is 19.3. The molecule has 3 aliphatic rings. The van der Waals surface area contributed by atoms with Gasteiger partial charge in [-0.1, -0.05) is 19.6 Å². The van der Waals surface area contributed by atoms with E-state index in [-0.39, 0.29) is 0 Å². The molecule has 0 unspecified atom stereocenters. The van der Waals surface area contributed by atoms with Crippen molar-refractivity contribution in [1.82, 2.24) is 29.3 Å². The van der Waals surface area contributed by atoms with Gasteiger partial charge in [0.2, 0.25) is 5.95 Å². The van der Waals surface area contributed by atoms with Crippen molar-refractivity contribution in [3.8, 4) is 0 Å². The van der Waals surface area contributed by atoms with E-state index in [2.05, 4.69) is 39.7 Å². The number of anilines is 2. The van der Waals surface area contributed by atoms with E-state index >= 15 is 0 Å². The second-order valence-electron chi connectivity index (χ2n) is 10.9. The summed E-state index contributed by atoms with van der Waals surface area (Å²) in [6.45, 7) is 9.43. The summed E-state index contributed by atoms with van der Waals surface area (Å²) in [5.74, 6) is 1.14. The van der Waals surface area contributed by atoms with Gasteiger partial charge in [0, 0.05) is 27.1 Å². The van der Waals surface area contributed by atoms with E-state index in [9.17, 15) is 0 Å². The second-order valence-corrected chi connectivity index (χ2v) is 16.5. The number of hydrogen-bond donors (Lipinski definition) is 1. The molecule has 0 aromatic carbocycles. The first-order valence-corrected chi connectivity index (χ1v) is 15.2. The topological polar surface area (TPSA) is 82.7 Å². The van der Waals surface area contributed by atoms with Gasteiger partial charge in [-0.15, -0.1) is 0 Å². The Morgan fingerprint density at radius 2 is 2.06 bits per heavy atom. The van der Waals surface area contributed by atoms with E-state index < -0.39 is 8.07 Å². The molecule has 6 rings (SSSR count). The van der Waals surface area contributed by atoms with Gasteiger partial charge in [0.05, 0.1) is 29.6 Å². The van der Waals surface area contributed by atoms with Gasteiger partial charge in [-0.2, -0.15) is 10.1 Å². The van der Waals surface area contributed by atoms with E-state index in [4.69, 9.17) is 14.7 Å². The van der Waals surface area contributed by atoms with Crippen molar-refractivity contribution in [3.63, 3.8) is 0 Å². The van der Waals surface area contributed by atoms with Crippen LogP contribution in [0, 0.1) is 5.41 Å². The number of ether oxygens (including phenoxy) is 1. The molecule has 1 aliphatic heterocycles. The summed E-state index contributed by atoms with van der Waals surface area (Å²) in [5.41, 5.74) is 5.65. The van der Waals surface area contributed by atoms with E-state index in [1.165, 1.54) is 31.4 Å². The third-order valence-electron chi connectivity index (χ3n) is 6.86. The fourth-order valence-electron chi connectivity index (χ4n) is 4.50. The van der Waals surface area contributed by atoms with Gasteiger partial charge in [-0.3, -0.25) is 9.25 Å². The molecule has 1 N–H and O–H groups in total. The average Bonchev–Trinajstić information content (AvgIpc) is 3.58. The van der Waals surface area contributed by atoms with E-state index in [1.807, 2.05) is 17.1 Å². The highest BCUT2D eigenvalue weighted by molar-refractivity contribution is 6.76. The number of fused-ring (bicyclic) bond motifs is 2. The minimum Gasteiger partial charge on any atom is -0.361 e. The summed E-state index contributed by atoms with van der Waals surface area (Å²) in [4.78, 5) is 14.4. The number of rotatable bonds is 8. The van der Waals surface area contributed by atoms with Crippen LogP contribution in [0.2, 0.25) is 25.7 Å². The molecule has 2 aliphatic carbocycles. The van der Waals surface area contributed by atoms with Crippen LogP contribution in [-0.4, -0.2) is 44.0 Å². The standard InChI is InChI=1S/C22H31N7OSi/c1-31(2,3)9-8-30-14-28-13-23-19-18(15-4-5-15)26-21(27-20(19)28)25-16-11-24-29-12-22(6-7-22)10-17(16)29/h11,13,15H,4-10,12,14H2,1-3H3,(H,25,26,27). The molecule has 3 aromatic rings. The molecule has 0 amide bonds. The molecule has 0 saturated heterocycles. The number of imidazole rings is 1. The lowest BCUT2D eigenvalue weighted by atomic mass is 10.0. The predicted molar refractivity (Wildman–Crippen MR) is 122 cm³/mol. The summed E-state index contributed by atoms with van der Waals surface area (Å²) in [6, 6.07) is 1.16. The molecule has 1 spiro atoms.